The van der Waals surface area contributed by atoms with Crippen molar-refractivity contribution >= 4 is 25.0 Å². The van der Waals surface area contributed by atoms with Gasteiger partial charge in [-0.2, -0.15) is 0 Å². The molecular formula is C13H19BClNO3. The smallest absolute Gasteiger partial charge is 0.491 e. The Labute approximate surface area is 120 Å². The van der Waals surface area contributed by atoms with Crippen molar-refractivity contribution in [1.29, 1.82) is 0 Å². The van der Waals surface area contributed by atoms with Crippen molar-refractivity contribution in [2.24, 2.45) is 0 Å². The molecule has 0 amide bonds. The number of ether oxygens (including phenoxy) is 1. The van der Waals surface area contributed by atoms with E-state index in [9.17, 15) is 0 Å². The molecule has 0 spiro atoms. The minimum absolute atomic E-state index is 0. The van der Waals surface area contributed by atoms with E-state index < -0.39 is 0 Å². The van der Waals surface area contributed by atoms with Gasteiger partial charge in [0.15, 0.2) is 0 Å². The molecule has 0 aliphatic carbocycles. The molecule has 1 aromatic carbocycles. The van der Waals surface area contributed by atoms with Crippen LogP contribution in [0.3, 0.4) is 0 Å². The molecule has 0 fully saturated rings. The second-order valence-electron chi connectivity index (χ2n) is 5.51. The van der Waals surface area contributed by atoms with E-state index in [1.54, 1.807) is 0 Å². The van der Waals surface area contributed by atoms with E-state index in [0.29, 0.717) is 6.61 Å². The van der Waals surface area contributed by atoms with Crippen molar-refractivity contribution in [1.82, 2.24) is 5.32 Å². The number of benzene rings is 1. The molecule has 0 saturated carbocycles. The van der Waals surface area contributed by atoms with E-state index in [1.807, 2.05) is 27.0 Å². The molecule has 2 aliphatic heterocycles. The first-order chi connectivity index (χ1) is 8.52. The average molecular weight is 284 g/mol. The average Bonchev–Trinajstić information content (AvgIpc) is 2.61. The Morgan fingerprint density at radius 2 is 2.11 bits per heavy atom. The van der Waals surface area contributed by atoms with Gasteiger partial charge in [-0.05, 0) is 39.4 Å². The third-order valence-electron chi connectivity index (χ3n) is 3.49. The van der Waals surface area contributed by atoms with Crippen LogP contribution in [0.1, 0.15) is 31.2 Å². The molecule has 4 nitrogen and oxygen atoms in total. The lowest BCUT2D eigenvalue weighted by molar-refractivity contribution is 0.0239. The first-order valence-corrected chi connectivity index (χ1v) is 6.28. The molecule has 1 atom stereocenters. The van der Waals surface area contributed by atoms with E-state index in [0.717, 1.165) is 16.8 Å². The number of nitrogens with one attached hydrogen (secondary N) is 1. The second-order valence-corrected chi connectivity index (χ2v) is 5.51. The summed E-state index contributed by atoms with van der Waals surface area (Å²) in [5, 5.41) is 3.17. The molecular weight excluding hydrogens is 264 g/mol. The van der Waals surface area contributed by atoms with Crippen LogP contribution in [0, 0.1) is 6.92 Å². The van der Waals surface area contributed by atoms with Gasteiger partial charge >= 0.3 is 7.12 Å². The molecule has 0 saturated heterocycles. The summed E-state index contributed by atoms with van der Waals surface area (Å²) in [5.74, 6) is 0.879. The van der Waals surface area contributed by atoms with Crippen molar-refractivity contribution in [3.63, 3.8) is 0 Å². The summed E-state index contributed by atoms with van der Waals surface area (Å²) >= 11 is 0. The van der Waals surface area contributed by atoms with Crippen molar-refractivity contribution in [2.75, 3.05) is 13.7 Å². The summed E-state index contributed by atoms with van der Waals surface area (Å²) < 4.78 is 17.8. The van der Waals surface area contributed by atoms with Gasteiger partial charge in [0.05, 0.1) is 5.60 Å². The molecule has 3 rings (SSSR count). The van der Waals surface area contributed by atoms with Crippen LogP contribution in [0.2, 0.25) is 0 Å². The van der Waals surface area contributed by atoms with E-state index >= 15 is 0 Å². The molecule has 0 aromatic heterocycles. The topological polar surface area (TPSA) is 39.7 Å². The Morgan fingerprint density at radius 3 is 2.79 bits per heavy atom. The lowest BCUT2D eigenvalue weighted by atomic mass is 9.76. The Bertz CT molecular complexity index is 495. The van der Waals surface area contributed by atoms with Gasteiger partial charge in [0.1, 0.15) is 18.6 Å². The largest absolute Gasteiger partial charge is 0.500 e. The van der Waals surface area contributed by atoms with E-state index in [1.165, 1.54) is 5.56 Å². The Hall–Kier alpha value is -0.745. The maximum atomic E-state index is 6.03. The van der Waals surface area contributed by atoms with Gasteiger partial charge in [-0.25, -0.2) is 0 Å². The normalized spacial score (nSPS) is 23.2. The van der Waals surface area contributed by atoms with Crippen LogP contribution >= 0.6 is 12.4 Å². The van der Waals surface area contributed by atoms with Crippen LogP contribution in [-0.4, -0.2) is 26.4 Å². The highest BCUT2D eigenvalue weighted by atomic mass is 35.5. The van der Waals surface area contributed by atoms with Crippen LogP contribution in [0.4, 0.5) is 0 Å². The highest BCUT2D eigenvalue weighted by Crippen LogP contribution is 2.33. The van der Waals surface area contributed by atoms with E-state index in [-0.39, 0.29) is 31.4 Å². The summed E-state index contributed by atoms with van der Waals surface area (Å²) in [5.41, 5.74) is 3.04. The van der Waals surface area contributed by atoms with Gasteiger partial charge in [0, 0.05) is 11.0 Å². The minimum Gasteiger partial charge on any atom is -0.491 e. The molecule has 1 N–H and O–H groups in total. The van der Waals surface area contributed by atoms with Crippen LogP contribution in [-0.2, 0) is 9.31 Å². The SMILES string of the molecule is CN[C@H]1OB2OC(C)(C)COc3ccc(C)c1c32.Cl. The van der Waals surface area contributed by atoms with Crippen molar-refractivity contribution in [3.8, 4) is 5.75 Å². The summed E-state index contributed by atoms with van der Waals surface area (Å²) in [6.45, 7) is 6.65. The predicted molar refractivity (Wildman–Crippen MR) is 77.4 cm³/mol. The van der Waals surface area contributed by atoms with E-state index in [4.69, 9.17) is 14.0 Å². The molecule has 6 heteroatoms. The van der Waals surface area contributed by atoms with Crippen LogP contribution in [0.25, 0.3) is 0 Å². The Balaban J connectivity index is 0.00000133. The lowest BCUT2D eigenvalue weighted by Gasteiger charge is -2.25. The van der Waals surface area contributed by atoms with Crippen molar-refractivity contribution in [2.45, 2.75) is 32.6 Å². The number of hydrogen-bond donors (Lipinski definition) is 1. The van der Waals surface area contributed by atoms with Crippen molar-refractivity contribution < 1.29 is 14.0 Å². The minimum atomic E-state index is -0.350. The van der Waals surface area contributed by atoms with Crippen LogP contribution in [0.15, 0.2) is 12.1 Å². The first kappa shape index (κ1) is 14.7. The molecule has 1 aromatic rings. The molecule has 2 aliphatic rings. The predicted octanol–water partition coefficient (Wildman–Crippen LogP) is 1.55. The van der Waals surface area contributed by atoms with Gasteiger partial charge in [0.2, 0.25) is 0 Å². The molecule has 104 valence electrons. The fourth-order valence-corrected chi connectivity index (χ4v) is 2.58. The monoisotopic (exact) mass is 283 g/mol. The standard InChI is InChI=1S/C13H18BNO3.ClH/c1-8-5-6-9-11-10(8)12(15-4)17-14(11)18-13(2,3)7-16-9;/h5-6,12,15H,7H2,1-4H3;1H/t12-;/m0./s1. The third kappa shape index (κ3) is 2.36. The van der Waals surface area contributed by atoms with Crippen LogP contribution in [0.5, 0.6) is 5.75 Å². The molecule has 19 heavy (non-hydrogen) atoms. The Kier molecular flexibility index (Phi) is 3.84. The van der Waals surface area contributed by atoms with Gasteiger partial charge in [0.25, 0.3) is 0 Å². The number of halogens is 1. The first-order valence-electron chi connectivity index (χ1n) is 6.28. The summed E-state index contributed by atoms with van der Waals surface area (Å²) in [4.78, 5) is 0. The fraction of sp³-hybridized carbons (Fsp3) is 0.538. The number of hydrogen-bond acceptors (Lipinski definition) is 4. The van der Waals surface area contributed by atoms with Gasteiger partial charge in [-0.3, -0.25) is 5.32 Å². The number of aryl methyl sites for hydroxylation is 1. The zero-order valence-corrected chi connectivity index (χ0v) is 12.5. The molecule has 2 heterocycles. The maximum Gasteiger partial charge on any atom is 0.500 e. The third-order valence-corrected chi connectivity index (χ3v) is 3.49. The highest BCUT2D eigenvalue weighted by molar-refractivity contribution is 6.64. The zero-order chi connectivity index (χ0) is 12.9. The van der Waals surface area contributed by atoms with Crippen molar-refractivity contribution in [3.05, 3.63) is 23.3 Å². The van der Waals surface area contributed by atoms with E-state index in [2.05, 4.69) is 18.3 Å². The second kappa shape index (κ2) is 4.98. The van der Waals surface area contributed by atoms with Gasteiger partial charge < -0.3 is 14.0 Å². The molecule has 0 radical (unpaired) electrons. The summed E-state index contributed by atoms with van der Waals surface area (Å²) in [7, 11) is 1.55. The lowest BCUT2D eigenvalue weighted by Crippen LogP contribution is -2.40. The van der Waals surface area contributed by atoms with Crippen LogP contribution < -0.4 is 15.5 Å². The fourth-order valence-electron chi connectivity index (χ4n) is 2.58. The highest BCUT2D eigenvalue weighted by Gasteiger charge is 2.45. The molecule has 0 bridgehead atoms. The summed E-state index contributed by atoms with van der Waals surface area (Å²) in [6.07, 6.45) is -0.123. The molecule has 0 unspecified atom stereocenters. The zero-order valence-electron chi connectivity index (χ0n) is 11.6. The number of rotatable bonds is 1. The van der Waals surface area contributed by atoms with Gasteiger partial charge in [-0.15, -0.1) is 12.4 Å². The summed E-state index contributed by atoms with van der Waals surface area (Å²) in [6, 6.07) is 4.08. The maximum absolute atomic E-state index is 6.03. The Morgan fingerprint density at radius 1 is 1.37 bits per heavy atom. The van der Waals surface area contributed by atoms with Gasteiger partial charge in [-0.1, -0.05) is 6.07 Å². The quantitative estimate of drug-likeness (QED) is 0.794.